The largest absolute Gasteiger partial charge is 0.361 e. The van der Waals surface area contributed by atoms with Gasteiger partial charge in [0.25, 0.3) is 0 Å². The topological polar surface area (TPSA) is 20.7 Å². The van der Waals surface area contributed by atoms with Crippen molar-refractivity contribution in [2.75, 3.05) is 0 Å². The number of H-pyrrole nitrogens is 1. The van der Waals surface area contributed by atoms with Gasteiger partial charge < -0.3 is 9.55 Å². The predicted octanol–water partition coefficient (Wildman–Crippen LogP) is 8.06. The lowest BCUT2D eigenvalue weighted by atomic mass is 9.99. The summed E-state index contributed by atoms with van der Waals surface area (Å²) in [6.45, 7) is 0. The summed E-state index contributed by atoms with van der Waals surface area (Å²) in [5.41, 5.74) is 7.64. The fraction of sp³-hybridized carbons (Fsp3) is 0.0625. The maximum absolute atomic E-state index is 3.44. The predicted molar refractivity (Wildman–Crippen MR) is 145 cm³/mol. The van der Waals surface area contributed by atoms with Crippen LogP contribution in [0.3, 0.4) is 0 Å². The Hall–Kier alpha value is -4.30. The van der Waals surface area contributed by atoms with E-state index in [-0.39, 0.29) is 0 Å². The Morgan fingerprint density at radius 1 is 0.824 bits per heavy atom. The molecule has 1 N–H and O–H groups in total. The van der Waals surface area contributed by atoms with E-state index in [9.17, 15) is 0 Å². The van der Waals surface area contributed by atoms with Gasteiger partial charge >= 0.3 is 0 Å². The quantitative estimate of drug-likeness (QED) is 0.293. The number of aromatic nitrogens is 2. The fourth-order valence-corrected chi connectivity index (χ4v) is 4.97. The van der Waals surface area contributed by atoms with Crippen LogP contribution in [0.4, 0.5) is 0 Å². The highest BCUT2D eigenvalue weighted by molar-refractivity contribution is 6.06. The van der Waals surface area contributed by atoms with Crippen molar-refractivity contribution in [3.05, 3.63) is 138 Å². The summed E-state index contributed by atoms with van der Waals surface area (Å²) in [5.74, 6) is 0. The first kappa shape index (κ1) is 20.3. The molecule has 0 saturated carbocycles. The fourth-order valence-electron chi connectivity index (χ4n) is 4.97. The van der Waals surface area contributed by atoms with Gasteiger partial charge in [0, 0.05) is 46.7 Å². The van der Waals surface area contributed by atoms with Gasteiger partial charge in [-0.3, -0.25) is 0 Å². The summed E-state index contributed by atoms with van der Waals surface area (Å²) in [5, 5.41) is 3.77. The molecule has 0 aliphatic heterocycles. The molecule has 5 aromatic rings. The number of nitrogens with zero attached hydrogens (tertiary/aromatic N) is 1. The number of nitrogens with one attached hydrogen (secondary N) is 1. The molecular weight excluding hydrogens is 412 g/mol. The summed E-state index contributed by atoms with van der Waals surface area (Å²) in [7, 11) is 0. The van der Waals surface area contributed by atoms with E-state index in [0.29, 0.717) is 0 Å². The average molecular weight is 439 g/mol. The molecule has 0 unspecified atom stereocenters. The number of benzene rings is 3. The molecule has 6 rings (SSSR count). The number of aromatic amines is 1. The number of rotatable bonds is 4. The lowest BCUT2D eigenvalue weighted by molar-refractivity contribution is 0.981. The molecule has 0 spiro atoms. The lowest BCUT2D eigenvalue weighted by Gasteiger charge is -2.06. The van der Waals surface area contributed by atoms with E-state index < -0.39 is 0 Å². The molecule has 2 heteroatoms. The molecule has 0 saturated heterocycles. The van der Waals surface area contributed by atoms with Crippen molar-refractivity contribution < 1.29 is 0 Å². The molecule has 0 atom stereocenters. The van der Waals surface area contributed by atoms with Crippen LogP contribution in [0.15, 0.2) is 116 Å². The normalized spacial score (nSPS) is 12.5. The molecule has 0 fully saturated rings. The van der Waals surface area contributed by atoms with E-state index in [4.69, 9.17) is 0 Å². The number of para-hydroxylation sites is 2. The van der Waals surface area contributed by atoms with E-state index >= 15 is 0 Å². The number of hydrogen-bond acceptors (Lipinski definition) is 0. The van der Waals surface area contributed by atoms with Crippen molar-refractivity contribution in [2.24, 2.45) is 0 Å². The third kappa shape index (κ3) is 3.74. The minimum atomic E-state index is 0.869. The van der Waals surface area contributed by atoms with Crippen molar-refractivity contribution in [2.45, 2.75) is 12.8 Å². The SMILES string of the molecule is C1=Cc2c(/C=C\Cc3cccc4cccc[nH]c5ccccc5c34)cn(-c3ccccc3)c2C1. The molecule has 2 aromatic heterocycles. The summed E-state index contributed by atoms with van der Waals surface area (Å²) in [4.78, 5) is 3.44. The standard InChI is InChI=1S/C32H26N2/c1-2-16-27(17-3-1)34-23-26(28-19-10-21-31(28)34)15-9-14-25-13-8-12-24-11-6-7-22-33-30-20-5-4-18-29(30)32(24)25/h1-13,15-20,22-23,33H,14,21H2/b11-6?,15-9-,22-7?. The Bertz CT molecular complexity index is 1590. The second kappa shape index (κ2) is 8.92. The van der Waals surface area contributed by atoms with Gasteiger partial charge in [-0.25, -0.2) is 0 Å². The number of allylic oxidation sites excluding steroid dienone is 2. The Balaban J connectivity index is 1.42. The van der Waals surface area contributed by atoms with Gasteiger partial charge in [-0.05, 0) is 52.6 Å². The van der Waals surface area contributed by atoms with Gasteiger partial charge in [-0.15, -0.1) is 0 Å². The van der Waals surface area contributed by atoms with Crippen LogP contribution in [-0.2, 0) is 12.8 Å². The maximum atomic E-state index is 3.44. The summed E-state index contributed by atoms with van der Waals surface area (Å²) in [6.07, 6.45) is 15.2. The van der Waals surface area contributed by atoms with Crippen molar-refractivity contribution in [1.82, 2.24) is 9.55 Å². The molecule has 0 radical (unpaired) electrons. The zero-order valence-electron chi connectivity index (χ0n) is 19.0. The molecule has 2 nitrogen and oxygen atoms in total. The first-order valence-corrected chi connectivity index (χ1v) is 11.8. The van der Waals surface area contributed by atoms with Crippen LogP contribution in [0.5, 0.6) is 0 Å². The lowest BCUT2D eigenvalue weighted by Crippen LogP contribution is -1.96. The first-order chi connectivity index (χ1) is 16.9. The van der Waals surface area contributed by atoms with E-state index in [1.165, 1.54) is 44.2 Å². The maximum Gasteiger partial charge on any atom is 0.0459 e. The third-order valence-corrected chi connectivity index (χ3v) is 6.55. The molecule has 34 heavy (non-hydrogen) atoms. The Kier molecular flexibility index (Phi) is 5.33. The summed E-state index contributed by atoms with van der Waals surface area (Å²) < 4.78 is 2.33. The highest BCUT2D eigenvalue weighted by Gasteiger charge is 2.16. The second-order valence-corrected chi connectivity index (χ2v) is 8.65. The molecule has 1 aliphatic rings. The number of fused-ring (bicyclic) bond motifs is 4. The van der Waals surface area contributed by atoms with Crippen LogP contribution < -0.4 is 0 Å². The number of hydrogen-bond donors (Lipinski definition) is 1. The molecule has 1 aliphatic carbocycles. The molecule has 2 heterocycles. The van der Waals surface area contributed by atoms with E-state index in [2.05, 4.69) is 125 Å². The van der Waals surface area contributed by atoms with Gasteiger partial charge in [0.1, 0.15) is 0 Å². The third-order valence-electron chi connectivity index (χ3n) is 6.55. The van der Waals surface area contributed by atoms with Crippen LogP contribution in [0.1, 0.15) is 22.4 Å². The minimum Gasteiger partial charge on any atom is -0.361 e. The average Bonchev–Trinajstić information content (AvgIpc) is 3.50. The van der Waals surface area contributed by atoms with Crippen molar-refractivity contribution >= 4 is 33.8 Å². The van der Waals surface area contributed by atoms with Crippen molar-refractivity contribution in [3.63, 3.8) is 0 Å². The second-order valence-electron chi connectivity index (χ2n) is 8.65. The summed E-state index contributed by atoms with van der Waals surface area (Å²) in [6, 6.07) is 32.1. The van der Waals surface area contributed by atoms with Crippen molar-refractivity contribution in [1.29, 1.82) is 0 Å². The zero-order valence-corrected chi connectivity index (χ0v) is 19.0. The van der Waals surface area contributed by atoms with Gasteiger partial charge in [-0.1, -0.05) is 91.0 Å². The van der Waals surface area contributed by atoms with E-state index in [0.717, 1.165) is 18.4 Å². The molecule has 164 valence electrons. The molecular formula is C32H26N2. The van der Waals surface area contributed by atoms with E-state index in [1.54, 1.807) is 0 Å². The first-order valence-electron chi connectivity index (χ1n) is 11.8. The van der Waals surface area contributed by atoms with Crippen molar-refractivity contribution in [3.8, 4) is 5.69 Å². The summed E-state index contributed by atoms with van der Waals surface area (Å²) >= 11 is 0. The Morgan fingerprint density at radius 3 is 2.59 bits per heavy atom. The van der Waals surface area contributed by atoms with Crippen LogP contribution in [0, 0.1) is 0 Å². The smallest absolute Gasteiger partial charge is 0.0459 e. The molecule has 0 bridgehead atoms. The molecule has 0 amide bonds. The van der Waals surface area contributed by atoms with Crippen LogP contribution in [0.25, 0.3) is 39.5 Å². The van der Waals surface area contributed by atoms with Crippen LogP contribution >= 0.6 is 0 Å². The van der Waals surface area contributed by atoms with Crippen LogP contribution in [0.2, 0.25) is 0 Å². The van der Waals surface area contributed by atoms with Gasteiger partial charge in [0.05, 0.1) is 0 Å². The highest BCUT2D eigenvalue weighted by atomic mass is 15.0. The van der Waals surface area contributed by atoms with Gasteiger partial charge in [0.15, 0.2) is 0 Å². The van der Waals surface area contributed by atoms with Gasteiger partial charge in [-0.2, -0.15) is 0 Å². The van der Waals surface area contributed by atoms with Gasteiger partial charge in [0.2, 0.25) is 0 Å². The zero-order chi connectivity index (χ0) is 22.7. The van der Waals surface area contributed by atoms with E-state index in [1.807, 2.05) is 12.3 Å². The Labute approximate surface area is 199 Å². The molecule has 3 aromatic carbocycles. The van der Waals surface area contributed by atoms with Crippen LogP contribution in [-0.4, -0.2) is 9.55 Å². The minimum absolute atomic E-state index is 0.869. The highest BCUT2D eigenvalue weighted by Crippen LogP contribution is 2.30. The monoisotopic (exact) mass is 438 g/mol. The Morgan fingerprint density at radius 2 is 1.65 bits per heavy atom.